The third-order valence-corrected chi connectivity index (χ3v) is 4.69. The van der Waals surface area contributed by atoms with Crippen LogP contribution in [0.5, 0.6) is 5.75 Å². The van der Waals surface area contributed by atoms with Gasteiger partial charge in [-0.2, -0.15) is 0 Å². The molecule has 0 N–H and O–H groups in total. The second-order valence-corrected chi connectivity index (χ2v) is 6.22. The molecule has 1 aliphatic heterocycles. The van der Waals surface area contributed by atoms with Crippen molar-refractivity contribution in [2.24, 2.45) is 0 Å². The van der Waals surface area contributed by atoms with Gasteiger partial charge >= 0.3 is 0 Å². The average Bonchev–Trinajstić information content (AvgIpc) is 2.35. The number of hydrogen-bond donors (Lipinski definition) is 0. The molecule has 0 fully saturated rings. The van der Waals surface area contributed by atoms with Crippen molar-refractivity contribution in [3.63, 3.8) is 0 Å². The third kappa shape index (κ3) is 2.58. The average molecular weight is 273 g/mol. The molecular weight excluding hydrogens is 257 g/mol. The van der Waals surface area contributed by atoms with Crippen molar-refractivity contribution in [3.8, 4) is 5.75 Å². The Balaban J connectivity index is 2.35. The number of anilines is 1. The van der Waals surface area contributed by atoms with Crippen molar-refractivity contribution in [1.82, 2.24) is 0 Å². The molecule has 0 radical (unpaired) electrons. The van der Waals surface area contributed by atoms with Crippen LogP contribution in [0.25, 0.3) is 0 Å². The summed E-state index contributed by atoms with van der Waals surface area (Å²) in [6, 6.07) is 3.94. The van der Waals surface area contributed by atoms with Crippen LogP contribution in [0.1, 0.15) is 19.8 Å². The summed E-state index contributed by atoms with van der Waals surface area (Å²) in [7, 11) is -3.39. The molecule has 1 heterocycles. The predicted molar refractivity (Wildman–Crippen MR) is 67.9 cm³/mol. The molecule has 0 unspecified atom stereocenters. The molecule has 1 aliphatic rings. The van der Waals surface area contributed by atoms with Crippen LogP contribution in [0, 0.1) is 5.82 Å². The highest BCUT2D eigenvalue weighted by Gasteiger charge is 2.28. The zero-order valence-electron chi connectivity index (χ0n) is 10.2. The van der Waals surface area contributed by atoms with Gasteiger partial charge in [0.25, 0.3) is 0 Å². The molecule has 4 nitrogen and oxygen atoms in total. The number of fused-ring (bicyclic) bond motifs is 1. The van der Waals surface area contributed by atoms with Crippen LogP contribution < -0.4 is 9.04 Å². The van der Waals surface area contributed by atoms with Crippen molar-refractivity contribution in [2.45, 2.75) is 19.8 Å². The maximum Gasteiger partial charge on any atom is 0.235 e. The molecular formula is C12H16FNO3S. The van der Waals surface area contributed by atoms with Gasteiger partial charge in [0.2, 0.25) is 10.0 Å². The summed E-state index contributed by atoms with van der Waals surface area (Å²) in [5.74, 6) is 0.0390. The van der Waals surface area contributed by atoms with E-state index in [0.29, 0.717) is 24.5 Å². The Kier molecular flexibility index (Phi) is 3.75. The van der Waals surface area contributed by atoms with Crippen LogP contribution in [0.15, 0.2) is 18.2 Å². The lowest BCUT2D eigenvalue weighted by Gasteiger charge is -2.30. The van der Waals surface area contributed by atoms with E-state index in [4.69, 9.17) is 4.74 Å². The minimum atomic E-state index is -3.39. The van der Waals surface area contributed by atoms with Crippen LogP contribution in [0.3, 0.4) is 0 Å². The lowest BCUT2D eigenvalue weighted by molar-refractivity contribution is 0.315. The Hall–Kier alpha value is -1.30. The molecule has 0 spiro atoms. The van der Waals surface area contributed by atoms with Crippen LogP contribution >= 0.6 is 0 Å². The summed E-state index contributed by atoms with van der Waals surface area (Å²) in [6.07, 6.45) is 1.41. The number of nitrogens with zero attached hydrogens (tertiary/aromatic N) is 1. The van der Waals surface area contributed by atoms with E-state index in [1.54, 1.807) is 0 Å². The lowest BCUT2D eigenvalue weighted by atomic mass is 10.2. The Labute approximate surface area is 106 Å². The van der Waals surface area contributed by atoms with Crippen molar-refractivity contribution in [3.05, 3.63) is 24.0 Å². The van der Waals surface area contributed by atoms with Crippen molar-refractivity contribution in [1.29, 1.82) is 0 Å². The zero-order valence-corrected chi connectivity index (χ0v) is 11.0. The van der Waals surface area contributed by atoms with Gasteiger partial charge in [-0.3, -0.25) is 4.31 Å². The molecule has 1 aromatic carbocycles. The van der Waals surface area contributed by atoms with Gasteiger partial charge in [-0.05, 0) is 18.6 Å². The topological polar surface area (TPSA) is 46.6 Å². The number of sulfonamides is 1. The number of ether oxygens (including phenoxy) is 1. The van der Waals surface area contributed by atoms with Gasteiger partial charge in [-0.25, -0.2) is 12.8 Å². The van der Waals surface area contributed by atoms with Crippen molar-refractivity contribution >= 4 is 15.7 Å². The summed E-state index contributed by atoms with van der Waals surface area (Å²) in [4.78, 5) is 0. The maximum absolute atomic E-state index is 13.2. The molecule has 6 heteroatoms. The van der Waals surface area contributed by atoms with E-state index in [1.807, 2.05) is 6.92 Å². The van der Waals surface area contributed by atoms with Crippen LogP contribution in [0.2, 0.25) is 0 Å². The summed E-state index contributed by atoms with van der Waals surface area (Å²) in [5.41, 5.74) is 0.303. The fourth-order valence-corrected chi connectivity index (χ4v) is 3.56. The fraction of sp³-hybridized carbons (Fsp3) is 0.500. The summed E-state index contributed by atoms with van der Waals surface area (Å²) >= 11 is 0. The molecule has 18 heavy (non-hydrogen) atoms. The van der Waals surface area contributed by atoms with E-state index < -0.39 is 15.8 Å². The SMILES string of the molecule is CCCCS(=O)(=O)N1CCOc2ccc(F)cc21. The van der Waals surface area contributed by atoms with E-state index >= 15 is 0 Å². The first-order valence-corrected chi connectivity index (χ1v) is 7.58. The number of halogens is 1. The van der Waals surface area contributed by atoms with Crippen LogP contribution in [-0.4, -0.2) is 27.3 Å². The number of rotatable bonds is 4. The van der Waals surface area contributed by atoms with Gasteiger partial charge in [0, 0.05) is 6.07 Å². The Morgan fingerprint density at radius 2 is 2.22 bits per heavy atom. The highest BCUT2D eigenvalue weighted by molar-refractivity contribution is 7.92. The maximum atomic E-state index is 13.2. The monoisotopic (exact) mass is 273 g/mol. The minimum absolute atomic E-state index is 0.0828. The standard InChI is InChI=1S/C12H16FNO3S/c1-2-3-8-18(15,16)14-6-7-17-12-5-4-10(13)9-11(12)14/h4-5,9H,2-3,6-8H2,1H3. The van der Waals surface area contributed by atoms with Gasteiger partial charge in [-0.15, -0.1) is 0 Å². The second-order valence-electron chi connectivity index (χ2n) is 4.20. The molecule has 0 aromatic heterocycles. The van der Waals surface area contributed by atoms with Crippen LogP contribution in [-0.2, 0) is 10.0 Å². The smallest absolute Gasteiger partial charge is 0.235 e. The van der Waals surface area contributed by atoms with Gasteiger partial charge < -0.3 is 4.74 Å². The first kappa shape index (κ1) is 13.1. The first-order chi connectivity index (χ1) is 8.54. The van der Waals surface area contributed by atoms with Gasteiger partial charge in [-0.1, -0.05) is 13.3 Å². The normalized spacial score (nSPS) is 15.1. The van der Waals surface area contributed by atoms with E-state index in [-0.39, 0.29) is 12.3 Å². The number of benzene rings is 1. The molecule has 0 bridgehead atoms. The third-order valence-electron chi connectivity index (χ3n) is 2.83. The summed E-state index contributed by atoms with van der Waals surface area (Å²) < 4.78 is 44.2. The quantitative estimate of drug-likeness (QED) is 0.844. The number of unbranched alkanes of at least 4 members (excludes halogenated alkanes) is 1. The molecule has 0 amide bonds. The predicted octanol–water partition coefficient (Wildman–Crippen LogP) is 2.15. The molecule has 0 atom stereocenters. The number of hydrogen-bond acceptors (Lipinski definition) is 3. The molecule has 1 aromatic rings. The lowest BCUT2D eigenvalue weighted by Crippen LogP contribution is -2.39. The fourth-order valence-electron chi connectivity index (χ4n) is 1.89. The highest BCUT2D eigenvalue weighted by Crippen LogP contribution is 2.34. The Morgan fingerprint density at radius 3 is 2.94 bits per heavy atom. The Morgan fingerprint density at radius 1 is 1.44 bits per heavy atom. The first-order valence-electron chi connectivity index (χ1n) is 5.97. The molecule has 0 aliphatic carbocycles. The van der Waals surface area contributed by atoms with Gasteiger partial charge in [0.1, 0.15) is 18.2 Å². The zero-order chi connectivity index (χ0) is 13.2. The largest absolute Gasteiger partial charge is 0.489 e. The summed E-state index contributed by atoms with van der Waals surface area (Å²) in [5, 5.41) is 0. The second kappa shape index (κ2) is 5.14. The highest BCUT2D eigenvalue weighted by atomic mass is 32.2. The van der Waals surface area contributed by atoms with Crippen molar-refractivity contribution < 1.29 is 17.5 Å². The molecule has 2 rings (SSSR count). The van der Waals surface area contributed by atoms with Crippen molar-refractivity contribution in [2.75, 3.05) is 23.2 Å². The van der Waals surface area contributed by atoms with E-state index in [1.165, 1.54) is 22.5 Å². The summed E-state index contributed by atoms with van der Waals surface area (Å²) in [6.45, 7) is 2.47. The minimum Gasteiger partial charge on any atom is -0.489 e. The molecule has 100 valence electrons. The van der Waals surface area contributed by atoms with Gasteiger partial charge in [0.15, 0.2) is 0 Å². The molecule has 0 saturated heterocycles. The van der Waals surface area contributed by atoms with E-state index in [2.05, 4.69) is 0 Å². The van der Waals surface area contributed by atoms with E-state index in [0.717, 1.165) is 6.42 Å². The van der Waals surface area contributed by atoms with E-state index in [9.17, 15) is 12.8 Å². The Bertz CT molecular complexity index is 530. The van der Waals surface area contributed by atoms with Gasteiger partial charge in [0.05, 0.1) is 18.0 Å². The molecule has 0 saturated carbocycles. The van der Waals surface area contributed by atoms with Crippen LogP contribution in [0.4, 0.5) is 10.1 Å².